The minimum atomic E-state index is -1.16. The first-order valence-corrected chi connectivity index (χ1v) is 4.43. The molecule has 90 valence electrons. The molecule has 2 amide bonds. The van der Waals surface area contributed by atoms with Crippen LogP contribution in [0.4, 0.5) is 10.5 Å². The highest BCUT2D eigenvalue weighted by Crippen LogP contribution is 2.24. The highest BCUT2D eigenvalue weighted by molar-refractivity contribution is 5.97. The number of nitrogens with zero attached hydrogens (tertiary/aromatic N) is 1. The maximum atomic E-state index is 11.4. The van der Waals surface area contributed by atoms with E-state index in [9.17, 15) is 19.7 Å². The normalized spacial score (nSPS) is 9.47. The predicted octanol–water partition coefficient (Wildman–Crippen LogP) is 0.412. The van der Waals surface area contributed by atoms with E-state index in [0.29, 0.717) is 0 Å². The number of carbonyl (C=O) groups is 2. The zero-order valence-corrected chi connectivity index (χ0v) is 8.80. The van der Waals surface area contributed by atoms with Crippen LogP contribution in [-0.4, -0.2) is 24.0 Å². The Morgan fingerprint density at radius 2 is 2.12 bits per heavy atom. The number of nitrogens with one attached hydrogen (secondary N) is 1. The molecular formula is C9H9N3O5. The summed E-state index contributed by atoms with van der Waals surface area (Å²) in [7, 11) is 1.37. The van der Waals surface area contributed by atoms with Gasteiger partial charge in [0, 0.05) is 13.1 Å². The number of nitro groups is 1. The molecule has 0 fully saturated rings. The minimum absolute atomic E-state index is 0.0168. The SMILES string of the molecule is CNC(=O)c1ccc([N+](=O)[O-])cc1OC(N)=O. The third-order valence-electron chi connectivity index (χ3n) is 1.86. The molecule has 0 aromatic heterocycles. The summed E-state index contributed by atoms with van der Waals surface area (Å²) < 4.78 is 4.53. The molecule has 17 heavy (non-hydrogen) atoms. The number of hydrogen-bond donors (Lipinski definition) is 2. The van der Waals surface area contributed by atoms with Gasteiger partial charge >= 0.3 is 6.09 Å². The second-order valence-corrected chi connectivity index (χ2v) is 2.94. The predicted molar refractivity (Wildman–Crippen MR) is 56.7 cm³/mol. The summed E-state index contributed by atoms with van der Waals surface area (Å²) >= 11 is 0. The first-order valence-electron chi connectivity index (χ1n) is 4.43. The minimum Gasteiger partial charge on any atom is -0.409 e. The monoisotopic (exact) mass is 239 g/mol. The van der Waals surface area contributed by atoms with E-state index in [1.54, 1.807) is 0 Å². The van der Waals surface area contributed by atoms with Gasteiger partial charge in [0.05, 0.1) is 16.6 Å². The van der Waals surface area contributed by atoms with Gasteiger partial charge in [0.15, 0.2) is 5.75 Å². The average Bonchev–Trinajstić information content (AvgIpc) is 2.27. The number of ether oxygens (including phenoxy) is 1. The van der Waals surface area contributed by atoms with E-state index >= 15 is 0 Å². The lowest BCUT2D eigenvalue weighted by molar-refractivity contribution is -0.384. The van der Waals surface area contributed by atoms with Crippen molar-refractivity contribution in [2.24, 2.45) is 5.73 Å². The molecule has 0 saturated carbocycles. The second-order valence-electron chi connectivity index (χ2n) is 2.94. The largest absolute Gasteiger partial charge is 0.409 e. The second kappa shape index (κ2) is 4.92. The van der Waals surface area contributed by atoms with E-state index in [2.05, 4.69) is 10.1 Å². The fourth-order valence-corrected chi connectivity index (χ4v) is 1.14. The molecule has 0 heterocycles. The fraction of sp³-hybridized carbons (Fsp3) is 0.111. The van der Waals surface area contributed by atoms with Crippen molar-refractivity contribution in [2.45, 2.75) is 0 Å². The molecule has 0 aliphatic rings. The van der Waals surface area contributed by atoms with E-state index in [1.807, 2.05) is 0 Å². The van der Waals surface area contributed by atoms with Crippen molar-refractivity contribution in [3.05, 3.63) is 33.9 Å². The molecule has 0 aliphatic heterocycles. The first-order chi connectivity index (χ1) is 7.95. The maximum Gasteiger partial charge on any atom is 0.409 e. The molecule has 0 atom stereocenters. The van der Waals surface area contributed by atoms with E-state index in [-0.39, 0.29) is 17.0 Å². The Bertz CT molecular complexity index is 486. The molecule has 8 heteroatoms. The number of amides is 2. The molecular weight excluding hydrogens is 230 g/mol. The Morgan fingerprint density at radius 1 is 1.47 bits per heavy atom. The summed E-state index contributed by atoms with van der Waals surface area (Å²) in [5.74, 6) is -0.804. The van der Waals surface area contributed by atoms with Crippen molar-refractivity contribution >= 4 is 17.7 Å². The van der Waals surface area contributed by atoms with Gasteiger partial charge in [0.25, 0.3) is 11.6 Å². The van der Waals surface area contributed by atoms with Crippen molar-refractivity contribution < 1.29 is 19.2 Å². The highest BCUT2D eigenvalue weighted by Gasteiger charge is 2.17. The summed E-state index contributed by atoms with van der Waals surface area (Å²) in [5, 5.41) is 12.8. The number of non-ortho nitro benzene ring substituents is 1. The van der Waals surface area contributed by atoms with Gasteiger partial charge in [0.2, 0.25) is 0 Å². The lowest BCUT2D eigenvalue weighted by Gasteiger charge is -2.06. The Balaban J connectivity index is 3.25. The molecule has 0 saturated heterocycles. The molecule has 1 rings (SSSR count). The van der Waals surface area contributed by atoms with Crippen LogP contribution in [0.1, 0.15) is 10.4 Å². The van der Waals surface area contributed by atoms with Crippen LogP contribution < -0.4 is 15.8 Å². The topological polar surface area (TPSA) is 125 Å². The Labute approximate surface area is 95.5 Å². The Kier molecular flexibility index (Phi) is 3.60. The standard InChI is InChI=1S/C9H9N3O5/c1-11-8(13)6-3-2-5(12(15)16)4-7(6)17-9(10)14/h2-4H,1H3,(H2,10,14)(H,11,13). The smallest absolute Gasteiger partial charge is 0.409 e. The third kappa shape index (κ3) is 2.91. The van der Waals surface area contributed by atoms with Gasteiger partial charge in [-0.05, 0) is 6.07 Å². The van der Waals surface area contributed by atoms with E-state index in [4.69, 9.17) is 5.73 Å². The van der Waals surface area contributed by atoms with Crippen molar-refractivity contribution in [1.82, 2.24) is 5.32 Å². The fourth-order valence-electron chi connectivity index (χ4n) is 1.14. The van der Waals surface area contributed by atoms with Crippen molar-refractivity contribution in [1.29, 1.82) is 0 Å². The van der Waals surface area contributed by atoms with E-state index in [0.717, 1.165) is 12.1 Å². The molecule has 0 unspecified atom stereocenters. The van der Waals surface area contributed by atoms with Gasteiger partial charge in [-0.25, -0.2) is 4.79 Å². The molecule has 0 spiro atoms. The van der Waals surface area contributed by atoms with Gasteiger partial charge < -0.3 is 15.8 Å². The van der Waals surface area contributed by atoms with Crippen LogP contribution >= 0.6 is 0 Å². The Morgan fingerprint density at radius 3 is 2.59 bits per heavy atom. The van der Waals surface area contributed by atoms with Gasteiger partial charge in [-0.15, -0.1) is 0 Å². The van der Waals surface area contributed by atoms with Gasteiger partial charge in [-0.3, -0.25) is 14.9 Å². The third-order valence-corrected chi connectivity index (χ3v) is 1.86. The number of benzene rings is 1. The number of carbonyl (C=O) groups excluding carboxylic acids is 2. The van der Waals surface area contributed by atoms with Crippen LogP contribution in [0.15, 0.2) is 18.2 Å². The number of nitro benzene ring substituents is 1. The lowest BCUT2D eigenvalue weighted by Crippen LogP contribution is -2.22. The van der Waals surface area contributed by atoms with Crippen molar-refractivity contribution in [3.63, 3.8) is 0 Å². The van der Waals surface area contributed by atoms with Gasteiger partial charge in [-0.2, -0.15) is 0 Å². The van der Waals surface area contributed by atoms with E-state index in [1.165, 1.54) is 13.1 Å². The first kappa shape index (κ1) is 12.4. The van der Waals surface area contributed by atoms with Crippen LogP contribution in [0.3, 0.4) is 0 Å². The number of primary amides is 1. The van der Waals surface area contributed by atoms with Crippen molar-refractivity contribution in [2.75, 3.05) is 7.05 Å². The van der Waals surface area contributed by atoms with Crippen molar-refractivity contribution in [3.8, 4) is 5.75 Å². The summed E-state index contributed by atoms with van der Waals surface area (Å²) in [4.78, 5) is 31.8. The van der Waals surface area contributed by atoms with Gasteiger partial charge in [0.1, 0.15) is 0 Å². The van der Waals surface area contributed by atoms with Crippen LogP contribution in [-0.2, 0) is 0 Å². The maximum absolute atomic E-state index is 11.4. The zero-order chi connectivity index (χ0) is 13.0. The van der Waals surface area contributed by atoms with Gasteiger partial charge in [-0.1, -0.05) is 0 Å². The molecule has 1 aromatic carbocycles. The molecule has 1 aromatic rings. The Hall–Kier alpha value is -2.64. The van der Waals surface area contributed by atoms with Crippen LogP contribution in [0.2, 0.25) is 0 Å². The van der Waals surface area contributed by atoms with E-state index < -0.39 is 16.9 Å². The quantitative estimate of drug-likeness (QED) is 0.583. The molecule has 0 radical (unpaired) electrons. The average molecular weight is 239 g/mol. The molecule has 0 bridgehead atoms. The zero-order valence-electron chi connectivity index (χ0n) is 8.80. The highest BCUT2D eigenvalue weighted by atomic mass is 16.6. The number of hydrogen-bond acceptors (Lipinski definition) is 5. The number of rotatable bonds is 3. The number of nitrogens with two attached hydrogens (primary N) is 1. The summed E-state index contributed by atoms with van der Waals surface area (Å²) in [6.45, 7) is 0. The molecule has 3 N–H and O–H groups in total. The summed E-state index contributed by atoms with van der Waals surface area (Å²) in [6.07, 6.45) is -1.16. The van der Waals surface area contributed by atoms with Crippen LogP contribution in [0.5, 0.6) is 5.75 Å². The molecule has 8 nitrogen and oxygen atoms in total. The lowest BCUT2D eigenvalue weighted by atomic mass is 10.1. The summed E-state index contributed by atoms with van der Waals surface area (Å²) in [5.41, 5.74) is 4.47. The van der Waals surface area contributed by atoms with Crippen LogP contribution in [0.25, 0.3) is 0 Å². The summed E-state index contributed by atoms with van der Waals surface area (Å²) in [6, 6.07) is 3.25. The molecule has 0 aliphatic carbocycles. The van der Waals surface area contributed by atoms with Crippen LogP contribution in [0, 0.1) is 10.1 Å².